The molecule has 0 bridgehead atoms. The first kappa shape index (κ1) is 16.8. The summed E-state index contributed by atoms with van der Waals surface area (Å²) in [6.45, 7) is 1.62. The molecule has 3 aromatic carbocycles. The number of nitrogens with one attached hydrogen (secondary N) is 1. The lowest BCUT2D eigenvalue weighted by Gasteiger charge is -2.11. The van der Waals surface area contributed by atoms with Crippen LogP contribution in [0.5, 0.6) is 11.6 Å². The van der Waals surface area contributed by atoms with Crippen LogP contribution in [-0.4, -0.2) is 22.1 Å². The number of rotatable bonds is 4. The van der Waals surface area contributed by atoms with E-state index in [1.807, 2.05) is 54.6 Å². The van der Waals surface area contributed by atoms with E-state index in [1.165, 1.54) is 0 Å². The lowest BCUT2D eigenvalue weighted by atomic mass is 10.1. The van der Waals surface area contributed by atoms with Crippen LogP contribution in [-0.2, 0) is 4.79 Å². The molecule has 0 aliphatic carbocycles. The highest BCUT2D eigenvalue weighted by molar-refractivity contribution is 5.94. The number of benzene rings is 3. The highest BCUT2D eigenvalue weighted by Gasteiger charge is 2.16. The number of amides is 1. The molecule has 2 N–H and O–H groups in total. The number of carbonyl (C=O) groups excluding carboxylic acids is 1. The van der Waals surface area contributed by atoms with Crippen LogP contribution in [0.4, 0.5) is 5.69 Å². The van der Waals surface area contributed by atoms with E-state index in [4.69, 9.17) is 4.74 Å². The van der Waals surface area contributed by atoms with Crippen molar-refractivity contribution >= 4 is 33.3 Å². The first-order valence-electron chi connectivity index (χ1n) is 8.52. The van der Waals surface area contributed by atoms with Crippen LogP contribution >= 0.6 is 0 Å². The maximum absolute atomic E-state index is 12.3. The molecule has 0 spiro atoms. The Morgan fingerprint density at radius 2 is 1.78 bits per heavy atom. The predicted molar refractivity (Wildman–Crippen MR) is 104 cm³/mol. The van der Waals surface area contributed by atoms with Gasteiger partial charge in [0.25, 0.3) is 0 Å². The van der Waals surface area contributed by atoms with E-state index >= 15 is 0 Å². The van der Waals surface area contributed by atoms with E-state index in [-0.39, 0.29) is 11.6 Å². The summed E-state index contributed by atoms with van der Waals surface area (Å²) in [5.41, 5.74) is 0.953. The molecule has 134 valence electrons. The molecular weight excluding hydrogens is 342 g/mol. The zero-order valence-electron chi connectivity index (χ0n) is 14.6. The molecule has 4 rings (SSSR count). The number of H-pyrrole nitrogens is 1. The third-order valence-electron chi connectivity index (χ3n) is 4.29. The Labute approximate surface area is 155 Å². The summed E-state index contributed by atoms with van der Waals surface area (Å²) in [6.07, 6.45) is -0.803. The highest BCUT2D eigenvalue weighted by Crippen LogP contribution is 2.35. The third kappa shape index (κ3) is 3.37. The zero-order chi connectivity index (χ0) is 18.8. The summed E-state index contributed by atoms with van der Waals surface area (Å²) in [6, 6.07) is 20.8. The first-order valence-corrected chi connectivity index (χ1v) is 8.52. The second-order valence-electron chi connectivity index (χ2n) is 6.18. The van der Waals surface area contributed by atoms with Crippen molar-refractivity contribution in [1.29, 1.82) is 0 Å². The Morgan fingerprint density at radius 3 is 2.63 bits per heavy atom. The summed E-state index contributed by atoms with van der Waals surface area (Å²) in [7, 11) is 0. The van der Waals surface area contributed by atoms with Gasteiger partial charge in [0.2, 0.25) is 5.88 Å². The van der Waals surface area contributed by atoms with Crippen LogP contribution in [0.1, 0.15) is 6.92 Å². The second kappa shape index (κ2) is 6.92. The molecule has 4 aromatic rings. The minimum absolute atomic E-state index is 0.129. The summed E-state index contributed by atoms with van der Waals surface area (Å²) in [5, 5.41) is 20.4. The van der Waals surface area contributed by atoms with Crippen LogP contribution < -0.4 is 4.74 Å². The Kier molecular flexibility index (Phi) is 4.30. The molecule has 0 aliphatic rings. The van der Waals surface area contributed by atoms with Crippen LogP contribution in [0.25, 0.3) is 21.7 Å². The summed E-state index contributed by atoms with van der Waals surface area (Å²) in [4.78, 5) is 15.1. The molecule has 1 aromatic heterocycles. The van der Waals surface area contributed by atoms with Gasteiger partial charge in [0.1, 0.15) is 5.75 Å². The Bertz CT molecular complexity index is 1160. The average Bonchev–Trinajstić information content (AvgIpc) is 3.01. The lowest BCUT2D eigenvalue weighted by molar-refractivity contribution is -0.124. The summed E-state index contributed by atoms with van der Waals surface area (Å²) in [5.74, 6) is -0.0802. The van der Waals surface area contributed by atoms with Gasteiger partial charge < -0.3 is 14.8 Å². The van der Waals surface area contributed by atoms with Crippen molar-refractivity contribution in [3.05, 3.63) is 66.7 Å². The number of para-hydroxylation sites is 1. The van der Waals surface area contributed by atoms with Gasteiger partial charge in [-0.05, 0) is 35.9 Å². The number of aromatic hydroxyl groups is 1. The maximum atomic E-state index is 12.3. The lowest BCUT2D eigenvalue weighted by Crippen LogP contribution is -2.21. The van der Waals surface area contributed by atoms with Crippen molar-refractivity contribution < 1.29 is 14.6 Å². The molecule has 1 heterocycles. The van der Waals surface area contributed by atoms with Gasteiger partial charge in [0.05, 0.1) is 5.52 Å². The van der Waals surface area contributed by atoms with Crippen molar-refractivity contribution in [3.63, 3.8) is 0 Å². The number of fused-ring (bicyclic) bond motifs is 2. The molecule has 0 radical (unpaired) electrons. The van der Waals surface area contributed by atoms with Gasteiger partial charge in [0.15, 0.2) is 11.8 Å². The molecule has 0 unspecified atom stereocenters. The fourth-order valence-corrected chi connectivity index (χ4v) is 2.89. The standard InChI is InChI=1S/C21H17N3O3/c1-13(27-16-11-10-14-6-2-3-7-15(14)12-16)20(25)24-23-19-17-8-4-5-9-18(17)22-21(19)26/h2-13,22,26H,1H3/t13-/m0/s1. The van der Waals surface area contributed by atoms with E-state index in [0.29, 0.717) is 11.1 Å². The van der Waals surface area contributed by atoms with Gasteiger partial charge in [-0.3, -0.25) is 4.79 Å². The molecule has 0 saturated carbocycles. The van der Waals surface area contributed by atoms with Crippen molar-refractivity contribution in [2.24, 2.45) is 10.2 Å². The van der Waals surface area contributed by atoms with E-state index in [9.17, 15) is 9.90 Å². The van der Waals surface area contributed by atoms with E-state index in [0.717, 1.165) is 16.3 Å². The van der Waals surface area contributed by atoms with Crippen LogP contribution in [0.15, 0.2) is 77.0 Å². The van der Waals surface area contributed by atoms with Crippen LogP contribution in [0.2, 0.25) is 0 Å². The van der Waals surface area contributed by atoms with Gasteiger partial charge in [-0.15, -0.1) is 10.2 Å². The summed E-state index contributed by atoms with van der Waals surface area (Å²) < 4.78 is 5.70. The van der Waals surface area contributed by atoms with Gasteiger partial charge >= 0.3 is 5.91 Å². The quantitative estimate of drug-likeness (QED) is 0.497. The van der Waals surface area contributed by atoms with Crippen molar-refractivity contribution in [3.8, 4) is 11.6 Å². The number of carbonyl (C=O) groups is 1. The number of aromatic nitrogens is 1. The van der Waals surface area contributed by atoms with Crippen molar-refractivity contribution in [2.45, 2.75) is 13.0 Å². The monoisotopic (exact) mass is 359 g/mol. The van der Waals surface area contributed by atoms with Gasteiger partial charge in [-0.1, -0.05) is 48.5 Å². The first-order chi connectivity index (χ1) is 13.1. The van der Waals surface area contributed by atoms with Gasteiger partial charge in [0, 0.05) is 5.39 Å². The van der Waals surface area contributed by atoms with Crippen LogP contribution in [0.3, 0.4) is 0 Å². The zero-order valence-corrected chi connectivity index (χ0v) is 14.6. The van der Waals surface area contributed by atoms with E-state index in [2.05, 4.69) is 15.2 Å². The normalized spacial score (nSPS) is 12.6. The number of hydrogen-bond acceptors (Lipinski definition) is 4. The molecule has 6 heteroatoms. The minimum atomic E-state index is -0.803. The van der Waals surface area contributed by atoms with Crippen LogP contribution in [0, 0.1) is 0 Å². The van der Waals surface area contributed by atoms with E-state index < -0.39 is 12.0 Å². The molecule has 0 aliphatic heterocycles. The Balaban J connectivity index is 1.51. The fraction of sp³-hybridized carbons (Fsp3) is 0.0952. The number of azo groups is 1. The van der Waals surface area contributed by atoms with Gasteiger partial charge in [-0.25, -0.2) is 0 Å². The number of nitrogens with zero attached hydrogens (tertiary/aromatic N) is 2. The summed E-state index contributed by atoms with van der Waals surface area (Å²) >= 11 is 0. The largest absolute Gasteiger partial charge is 0.493 e. The second-order valence-corrected chi connectivity index (χ2v) is 6.18. The fourth-order valence-electron chi connectivity index (χ4n) is 2.89. The molecule has 6 nitrogen and oxygen atoms in total. The Morgan fingerprint density at radius 1 is 1.04 bits per heavy atom. The van der Waals surface area contributed by atoms with Gasteiger partial charge in [-0.2, -0.15) is 0 Å². The molecule has 27 heavy (non-hydrogen) atoms. The molecule has 0 fully saturated rings. The Hall–Kier alpha value is -3.67. The number of ether oxygens (including phenoxy) is 1. The molecule has 0 saturated heterocycles. The van der Waals surface area contributed by atoms with E-state index in [1.54, 1.807) is 19.1 Å². The predicted octanol–water partition coefficient (Wildman–Crippen LogP) is 5.10. The average molecular weight is 359 g/mol. The van der Waals surface area contributed by atoms with Crippen molar-refractivity contribution in [2.75, 3.05) is 0 Å². The highest BCUT2D eigenvalue weighted by atomic mass is 16.5. The topological polar surface area (TPSA) is 87.0 Å². The SMILES string of the molecule is C[C@H](Oc1ccc2ccccc2c1)C(=O)N=Nc1c(O)[nH]c2ccccc12. The maximum Gasteiger partial charge on any atom is 0.304 e. The smallest absolute Gasteiger partial charge is 0.304 e. The molecular formula is C21H17N3O3. The number of aromatic amines is 1. The number of hydrogen-bond donors (Lipinski definition) is 2. The molecule has 1 atom stereocenters. The van der Waals surface area contributed by atoms with Crippen molar-refractivity contribution in [1.82, 2.24) is 4.98 Å². The molecule has 1 amide bonds. The third-order valence-corrected chi connectivity index (χ3v) is 4.29. The minimum Gasteiger partial charge on any atom is -0.493 e.